The highest BCUT2D eigenvalue weighted by molar-refractivity contribution is 8.18. The second-order valence-corrected chi connectivity index (χ2v) is 6.38. The number of hydrogen-bond acceptors (Lipinski definition) is 5. The number of amides is 1. The maximum Gasteiger partial charge on any atom is 0.306 e. The average Bonchev–Trinajstić information content (AvgIpc) is 2.96. The Kier molecular flexibility index (Phi) is 5.70. The van der Waals surface area contributed by atoms with Crippen molar-refractivity contribution in [2.45, 2.75) is 6.42 Å². The highest BCUT2D eigenvalue weighted by atomic mass is 32.2. The fraction of sp³-hybridized carbons (Fsp3) is 0.105. The van der Waals surface area contributed by atoms with Crippen LogP contribution in [-0.4, -0.2) is 28.8 Å². The number of hydrogen-bond donors (Lipinski definition) is 2. The van der Waals surface area contributed by atoms with E-state index in [1.807, 2.05) is 42.5 Å². The summed E-state index contributed by atoms with van der Waals surface area (Å²) in [5, 5.41) is 12.0. The molecule has 1 fully saturated rings. The van der Waals surface area contributed by atoms with Crippen LogP contribution in [0.2, 0.25) is 0 Å². The van der Waals surface area contributed by atoms with E-state index in [1.54, 1.807) is 18.2 Å². The van der Waals surface area contributed by atoms with E-state index in [0.717, 1.165) is 5.69 Å². The van der Waals surface area contributed by atoms with Crippen LogP contribution in [0.3, 0.4) is 0 Å². The number of aliphatic carboxylic acids is 1. The van der Waals surface area contributed by atoms with Gasteiger partial charge in [0.2, 0.25) is 0 Å². The molecule has 1 heterocycles. The molecule has 3 rings (SSSR count). The molecule has 0 saturated carbocycles. The summed E-state index contributed by atoms with van der Waals surface area (Å²) >= 11 is 1.25. The molecule has 0 radical (unpaired) electrons. The zero-order valence-corrected chi connectivity index (χ0v) is 14.5. The lowest BCUT2D eigenvalue weighted by Crippen LogP contribution is -2.19. The molecule has 1 aliphatic heterocycles. The van der Waals surface area contributed by atoms with Gasteiger partial charge in [-0.15, -0.1) is 0 Å². The van der Waals surface area contributed by atoms with Gasteiger partial charge in [-0.05, 0) is 36.0 Å². The number of rotatable bonds is 6. The minimum absolute atomic E-state index is 0.0651. The zero-order valence-electron chi connectivity index (χ0n) is 13.7. The number of amidine groups is 1. The number of thioether (sulfide) groups is 1. The minimum Gasteiger partial charge on any atom is -0.492 e. The average molecular weight is 368 g/mol. The fourth-order valence-electron chi connectivity index (χ4n) is 2.22. The third kappa shape index (κ3) is 4.73. The van der Waals surface area contributed by atoms with E-state index in [1.165, 1.54) is 11.8 Å². The first-order chi connectivity index (χ1) is 12.6. The monoisotopic (exact) mass is 368 g/mol. The number of aliphatic imine (C=N–C) groups is 1. The van der Waals surface area contributed by atoms with Crippen LogP contribution in [-0.2, 0) is 9.59 Å². The SMILES string of the molecule is O=C(O)CCOc1ccccc1/C=C1/SC(=Nc2ccccc2)NC1=O. The van der Waals surface area contributed by atoms with Gasteiger partial charge < -0.3 is 15.2 Å². The van der Waals surface area contributed by atoms with Crippen molar-refractivity contribution in [3.8, 4) is 5.75 Å². The van der Waals surface area contributed by atoms with Crippen LogP contribution in [0.5, 0.6) is 5.75 Å². The van der Waals surface area contributed by atoms with Crippen molar-refractivity contribution in [2.24, 2.45) is 4.99 Å². The Morgan fingerprint density at radius 3 is 2.65 bits per heavy atom. The Morgan fingerprint density at radius 2 is 1.88 bits per heavy atom. The molecule has 2 N–H and O–H groups in total. The smallest absolute Gasteiger partial charge is 0.306 e. The van der Waals surface area contributed by atoms with Gasteiger partial charge in [-0.2, -0.15) is 0 Å². The van der Waals surface area contributed by atoms with Gasteiger partial charge in [0.1, 0.15) is 5.75 Å². The molecule has 0 bridgehead atoms. The molecular formula is C19H16N2O4S. The van der Waals surface area contributed by atoms with Gasteiger partial charge in [-0.25, -0.2) is 4.99 Å². The van der Waals surface area contributed by atoms with Crippen molar-refractivity contribution in [1.82, 2.24) is 5.32 Å². The Balaban J connectivity index is 1.77. The van der Waals surface area contributed by atoms with Crippen molar-refractivity contribution in [2.75, 3.05) is 6.61 Å². The van der Waals surface area contributed by atoms with Crippen LogP contribution in [0, 0.1) is 0 Å². The van der Waals surface area contributed by atoms with Crippen LogP contribution in [0.1, 0.15) is 12.0 Å². The van der Waals surface area contributed by atoms with Crippen LogP contribution >= 0.6 is 11.8 Å². The quantitative estimate of drug-likeness (QED) is 0.763. The second kappa shape index (κ2) is 8.35. The van der Waals surface area contributed by atoms with Crippen molar-refractivity contribution < 1.29 is 19.4 Å². The van der Waals surface area contributed by atoms with Crippen molar-refractivity contribution in [3.63, 3.8) is 0 Å². The molecule has 0 aliphatic carbocycles. The maximum absolute atomic E-state index is 12.2. The lowest BCUT2D eigenvalue weighted by Gasteiger charge is -2.08. The van der Waals surface area contributed by atoms with Crippen molar-refractivity contribution in [3.05, 3.63) is 65.1 Å². The first-order valence-corrected chi connectivity index (χ1v) is 8.72. The van der Waals surface area contributed by atoms with Gasteiger partial charge in [0, 0.05) is 5.56 Å². The van der Waals surface area contributed by atoms with Gasteiger partial charge in [-0.1, -0.05) is 36.4 Å². The van der Waals surface area contributed by atoms with Gasteiger partial charge in [0.15, 0.2) is 5.17 Å². The summed E-state index contributed by atoms with van der Waals surface area (Å²) in [6, 6.07) is 16.5. The summed E-state index contributed by atoms with van der Waals surface area (Å²) in [4.78, 5) is 27.7. The van der Waals surface area contributed by atoms with Crippen LogP contribution in [0.25, 0.3) is 6.08 Å². The normalized spacial score (nSPS) is 16.7. The van der Waals surface area contributed by atoms with E-state index in [4.69, 9.17) is 9.84 Å². The van der Waals surface area contributed by atoms with Crippen molar-refractivity contribution >= 4 is 40.6 Å². The molecule has 6 nitrogen and oxygen atoms in total. The molecule has 0 aromatic heterocycles. The van der Waals surface area contributed by atoms with E-state index in [2.05, 4.69) is 10.3 Å². The minimum atomic E-state index is -0.923. The number of carboxylic acids is 1. The maximum atomic E-state index is 12.2. The van der Waals surface area contributed by atoms with Gasteiger partial charge in [-0.3, -0.25) is 9.59 Å². The predicted octanol–water partition coefficient (Wildman–Crippen LogP) is 3.43. The molecule has 0 spiro atoms. The summed E-state index contributed by atoms with van der Waals surface area (Å²) in [5.74, 6) is -0.624. The van der Waals surface area contributed by atoms with E-state index in [-0.39, 0.29) is 18.9 Å². The summed E-state index contributed by atoms with van der Waals surface area (Å²) in [7, 11) is 0. The van der Waals surface area contributed by atoms with E-state index < -0.39 is 5.97 Å². The number of carboxylic acid groups (broad SMARTS) is 1. The first-order valence-electron chi connectivity index (χ1n) is 7.90. The topological polar surface area (TPSA) is 88.0 Å². The Bertz CT molecular complexity index is 878. The van der Waals surface area contributed by atoms with Gasteiger partial charge in [0.25, 0.3) is 5.91 Å². The standard InChI is InChI=1S/C19H16N2O4S/c22-17(23)10-11-25-15-9-5-4-6-13(15)12-16-18(24)21-19(26-16)20-14-7-2-1-3-8-14/h1-9,12H,10-11H2,(H,22,23)(H,20,21,24)/b16-12+. The molecule has 1 amide bonds. The molecule has 0 atom stereocenters. The summed E-state index contributed by atoms with van der Waals surface area (Å²) in [5.41, 5.74) is 1.46. The molecule has 1 saturated heterocycles. The predicted molar refractivity (Wildman–Crippen MR) is 101 cm³/mol. The highest BCUT2D eigenvalue weighted by Gasteiger charge is 2.24. The third-order valence-electron chi connectivity index (χ3n) is 3.42. The van der Waals surface area contributed by atoms with Crippen LogP contribution < -0.4 is 10.1 Å². The number of para-hydroxylation sites is 2. The molecule has 7 heteroatoms. The van der Waals surface area contributed by atoms with E-state index in [9.17, 15) is 9.59 Å². The largest absolute Gasteiger partial charge is 0.492 e. The summed E-state index contributed by atoms with van der Waals surface area (Å²) < 4.78 is 5.52. The van der Waals surface area contributed by atoms with Gasteiger partial charge >= 0.3 is 5.97 Å². The molecular weight excluding hydrogens is 352 g/mol. The zero-order chi connectivity index (χ0) is 18.4. The number of ether oxygens (including phenoxy) is 1. The lowest BCUT2D eigenvalue weighted by atomic mass is 10.2. The molecule has 0 unspecified atom stereocenters. The molecule has 26 heavy (non-hydrogen) atoms. The van der Waals surface area contributed by atoms with E-state index in [0.29, 0.717) is 21.4 Å². The van der Waals surface area contributed by atoms with E-state index >= 15 is 0 Å². The molecule has 1 aliphatic rings. The summed E-state index contributed by atoms with van der Waals surface area (Å²) in [6.45, 7) is 0.0651. The Morgan fingerprint density at radius 1 is 1.15 bits per heavy atom. The fourth-order valence-corrected chi connectivity index (χ4v) is 3.05. The Labute approximate surface area is 154 Å². The number of nitrogens with zero attached hydrogens (tertiary/aromatic N) is 1. The number of carbonyl (C=O) groups excluding carboxylic acids is 1. The Hall–Kier alpha value is -3.06. The molecule has 2 aromatic rings. The second-order valence-electron chi connectivity index (χ2n) is 5.35. The summed E-state index contributed by atoms with van der Waals surface area (Å²) in [6.07, 6.45) is 1.62. The highest BCUT2D eigenvalue weighted by Crippen LogP contribution is 2.30. The van der Waals surface area contributed by atoms with Crippen LogP contribution in [0.4, 0.5) is 5.69 Å². The van der Waals surface area contributed by atoms with Crippen molar-refractivity contribution in [1.29, 1.82) is 0 Å². The molecule has 2 aromatic carbocycles. The molecule has 132 valence electrons. The number of nitrogens with one attached hydrogen (secondary N) is 1. The lowest BCUT2D eigenvalue weighted by molar-refractivity contribution is -0.137. The van der Waals surface area contributed by atoms with Gasteiger partial charge in [0.05, 0.1) is 23.6 Å². The third-order valence-corrected chi connectivity index (χ3v) is 4.33. The number of benzene rings is 2. The first kappa shape index (κ1) is 17.8. The number of carbonyl (C=O) groups is 2. The van der Waals surface area contributed by atoms with Crippen LogP contribution in [0.15, 0.2) is 64.5 Å².